The molecule has 2 aromatic carbocycles. The Morgan fingerprint density at radius 3 is 2.47 bits per heavy atom. The summed E-state index contributed by atoms with van der Waals surface area (Å²) in [6.07, 6.45) is 1.71. The van der Waals surface area contributed by atoms with Gasteiger partial charge < -0.3 is 24.8 Å². The first kappa shape index (κ1) is 36.9. The first-order chi connectivity index (χ1) is 23.2. The Morgan fingerprint density at radius 2 is 1.82 bits per heavy atom. The lowest BCUT2D eigenvalue weighted by molar-refractivity contribution is -0.160. The minimum absolute atomic E-state index is 0.202. The van der Waals surface area contributed by atoms with E-state index in [1.165, 1.54) is 11.1 Å². The van der Waals surface area contributed by atoms with E-state index in [0.717, 1.165) is 85.6 Å². The van der Waals surface area contributed by atoms with E-state index in [0.29, 0.717) is 31.0 Å². The van der Waals surface area contributed by atoms with Crippen molar-refractivity contribution >= 4 is 11.7 Å². The summed E-state index contributed by atoms with van der Waals surface area (Å²) in [6, 6.07) is 11.7. The third kappa shape index (κ3) is 9.06. The standard InChI is InChI=1S/C40H55FN4O4/c1-26-21-32(41)12-11-30(26)24-44-17-13-28-22-29(9-10-31(28)25-44)35-33(23-42-16-20-48-8)43-27(2)34(37(38(46)47)49-39(3,4)5)36(35)45-18-14-40(6,7)15-19-45/h9-12,21-22,37,42H,13-20,23-25H2,1-8H3,(H,46,47). The Morgan fingerprint density at radius 1 is 1.08 bits per heavy atom. The number of methoxy groups -OCH3 is 1. The van der Waals surface area contributed by atoms with Gasteiger partial charge in [-0.25, -0.2) is 9.18 Å². The highest BCUT2D eigenvalue weighted by Gasteiger charge is 2.37. The number of benzene rings is 2. The number of carbonyl (C=O) groups is 1. The maximum Gasteiger partial charge on any atom is 0.337 e. The number of nitrogens with zero attached hydrogens (tertiary/aromatic N) is 3. The molecule has 0 bridgehead atoms. The minimum Gasteiger partial charge on any atom is -0.479 e. The molecule has 266 valence electrons. The van der Waals surface area contributed by atoms with Crippen molar-refractivity contribution in [2.24, 2.45) is 5.41 Å². The molecular weight excluding hydrogens is 619 g/mol. The van der Waals surface area contributed by atoms with Crippen molar-refractivity contribution in [1.82, 2.24) is 15.2 Å². The number of aromatic nitrogens is 1. The van der Waals surface area contributed by atoms with Crippen molar-refractivity contribution in [3.05, 3.63) is 81.4 Å². The number of hydrogen-bond acceptors (Lipinski definition) is 7. The molecule has 0 aliphatic carbocycles. The molecule has 0 saturated carbocycles. The molecule has 3 heterocycles. The van der Waals surface area contributed by atoms with E-state index < -0.39 is 17.7 Å². The Bertz CT molecular complexity index is 1640. The number of carboxylic acid groups (broad SMARTS) is 1. The Kier molecular flexibility index (Phi) is 11.5. The molecule has 8 nitrogen and oxygen atoms in total. The van der Waals surface area contributed by atoms with Crippen LogP contribution in [0.5, 0.6) is 0 Å². The number of rotatable bonds is 12. The second-order valence-electron chi connectivity index (χ2n) is 15.6. The summed E-state index contributed by atoms with van der Waals surface area (Å²) in [5.41, 5.74) is 9.35. The lowest BCUT2D eigenvalue weighted by Gasteiger charge is -2.41. The van der Waals surface area contributed by atoms with E-state index >= 15 is 0 Å². The van der Waals surface area contributed by atoms with E-state index in [4.69, 9.17) is 14.5 Å². The van der Waals surface area contributed by atoms with E-state index in [9.17, 15) is 14.3 Å². The van der Waals surface area contributed by atoms with Crippen LogP contribution in [0.15, 0.2) is 36.4 Å². The van der Waals surface area contributed by atoms with Gasteiger partial charge in [0.15, 0.2) is 6.10 Å². The zero-order valence-corrected chi connectivity index (χ0v) is 30.7. The quantitative estimate of drug-likeness (QED) is 0.193. The molecule has 1 saturated heterocycles. The fourth-order valence-corrected chi connectivity index (χ4v) is 7.12. The molecule has 49 heavy (non-hydrogen) atoms. The fourth-order valence-electron chi connectivity index (χ4n) is 7.12. The summed E-state index contributed by atoms with van der Waals surface area (Å²) in [7, 11) is 1.69. The van der Waals surface area contributed by atoms with Gasteiger partial charge in [0.05, 0.1) is 23.6 Å². The maximum atomic E-state index is 13.8. The average Bonchev–Trinajstić information content (AvgIpc) is 3.02. The number of hydrogen-bond donors (Lipinski definition) is 2. The van der Waals surface area contributed by atoms with Crippen molar-refractivity contribution in [2.75, 3.05) is 44.8 Å². The predicted octanol–water partition coefficient (Wildman–Crippen LogP) is 7.37. The number of ether oxygens (including phenoxy) is 2. The lowest BCUT2D eigenvalue weighted by Crippen LogP contribution is -2.39. The molecule has 1 aromatic heterocycles. The molecule has 2 aliphatic rings. The van der Waals surface area contributed by atoms with E-state index in [1.807, 2.05) is 40.7 Å². The van der Waals surface area contributed by atoms with Crippen LogP contribution >= 0.6 is 0 Å². The summed E-state index contributed by atoms with van der Waals surface area (Å²) in [5.74, 6) is -1.22. The molecule has 0 radical (unpaired) electrons. The van der Waals surface area contributed by atoms with Crippen LogP contribution in [0.25, 0.3) is 11.1 Å². The fraction of sp³-hybridized carbons (Fsp3) is 0.550. The van der Waals surface area contributed by atoms with Gasteiger partial charge >= 0.3 is 5.97 Å². The van der Waals surface area contributed by atoms with Crippen LogP contribution in [0.2, 0.25) is 0 Å². The smallest absolute Gasteiger partial charge is 0.337 e. The van der Waals surface area contributed by atoms with Crippen LogP contribution in [-0.4, -0.2) is 66.5 Å². The summed E-state index contributed by atoms with van der Waals surface area (Å²) < 4.78 is 25.4. The van der Waals surface area contributed by atoms with Crippen molar-refractivity contribution in [1.29, 1.82) is 0 Å². The molecule has 2 N–H and O–H groups in total. The van der Waals surface area contributed by atoms with Crippen molar-refractivity contribution in [2.45, 2.75) is 99.1 Å². The number of fused-ring (bicyclic) bond motifs is 1. The van der Waals surface area contributed by atoms with E-state index in [2.05, 4.69) is 47.2 Å². The number of anilines is 1. The van der Waals surface area contributed by atoms with Crippen molar-refractivity contribution < 1.29 is 23.8 Å². The number of piperidine rings is 1. The maximum absolute atomic E-state index is 13.8. The molecular formula is C40H55FN4O4. The van der Waals surface area contributed by atoms with Gasteiger partial charge in [0.1, 0.15) is 5.82 Å². The molecule has 3 aromatic rings. The topological polar surface area (TPSA) is 87.2 Å². The van der Waals surface area contributed by atoms with Crippen LogP contribution in [-0.2, 0) is 40.3 Å². The van der Waals surface area contributed by atoms with Crippen molar-refractivity contribution in [3.8, 4) is 11.1 Å². The summed E-state index contributed by atoms with van der Waals surface area (Å²) >= 11 is 0. The van der Waals surface area contributed by atoms with E-state index in [1.54, 1.807) is 19.2 Å². The zero-order chi connectivity index (χ0) is 35.5. The second-order valence-corrected chi connectivity index (χ2v) is 15.6. The number of halogens is 1. The van der Waals surface area contributed by atoms with Crippen LogP contribution in [0.4, 0.5) is 10.1 Å². The van der Waals surface area contributed by atoms with Gasteiger partial charge in [0, 0.05) is 69.7 Å². The number of aliphatic carboxylic acids is 1. The first-order valence-electron chi connectivity index (χ1n) is 17.6. The first-order valence-corrected chi connectivity index (χ1v) is 17.6. The highest BCUT2D eigenvalue weighted by molar-refractivity contribution is 5.88. The van der Waals surface area contributed by atoms with Crippen LogP contribution in [0.1, 0.15) is 92.8 Å². The Labute approximate surface area is 292 Å². The average molecular weight is 675 g/mol. The number of carboxylic acids is 1. The van der Waals surface area contributed by atoms with Gasteiger partial charge in [0.25, 0.3) is 0 Å². The largest absolute Gasteiger partial charge is 0.479 e. The van der Waals surface area contributed by atoms with Gasteiger partial charge in [-0.2, -0.15) is 0 Å². The molecule has 9 heteroatoms. The number of nitrogens with one attached hydrogen (secondary N) is 1. The molecule has 5 rings (SSSR count). The summed E-state index contributed by atoms with van der Waals surface area (Å²) in [4.78, 5) is 23.0. The summed E-state index contributed by atoms with van der Waals surface area (Å²) in [6.45, 7) is 20.1. The predicted molar refractivity (Wildman–Crippen MR) is 193 cm³/mol. The second kappa shape index (κ2) is 15.3. The van der Waals surface area contributed by atoms with E-state index in [-0.39, 0.29) is 11.2 Å². The van der Waals surface area contributed by atoms with Crippen LogP contribution in [0, 0.1) is 25.1 Å². The molecule has 1 fully saturated rings. The summed E-state index contributed by atoms with van der Waals surface area (Å²) in [5, 5.41) is 14.2. The lowest BCUT2D eigenvalue weighted by atomic mass is 9.81. The van der Waals surface area contributed by atoms with Gasteiger partial charge in [-0.3, -0.25) is 9.88 Å². The molecule has 1 unspecified atom stereocenters. The van der Waals surface area contributed by atoms with Crippen LogP contribution in [0.3, 0.4) is 0 Å². The molecule has 0 spiro atoms. The highest BCUT2D eigenvalue weighted by Crippen LogP contribution is 2.45. The molecule has 1 atom stereocenters. The third-order valence-electron chi connectivity index (χ3n) is 9.92. The SMILES string of the molecule is COCCNCc1nc(C)c(C(OC(C)(C)C)C(=O)O)c(N2CCC(C)(C)CC2)c1-c1ccc2c(c1)CCN(Cc1ccc(F)cc1C)C2. The van der Waals surface area contributed by atoms with Gasteiger partial charge in [-0.15, -0.1) is 0 Å². The van der Waals surface area contributed by atoms with Gasteiger partial charge in [-0.05, 0) is 99.2 Å². The minimum atomic E-state index is -1.17. The zero-order valence-electron chi connectivity index (χ0n) is 30.7. The normalized spacial score (nSPS) is 17.2. The Balaban J connectivity index is 1.62. The van der Waals surface area contributed by atoms with Gasteiger partial charge in [-0.1, -0.05) is 38.1 Å². The Hall–Kier alpha value is -3.37. The monoisotopic (exact) mass is 674 g/mol. The molecule has 2 aliphatic heterocycles. The van der Waals surface area contributed by atoms with Crippen LogP contribution < -0.4 is 10.2 Å². The number of pyridine rings is 1. The van der Waals surface area contributed by atoms with Gasteiger partial charge in [0.2, 0.25) is 0 Å². The molecule has 0 amide bonds. The van der Waals surface area contributed by atoms with Crippen molar-refractivity contribution in [3.63, 3.8) is 0 Å². The highest BCUT2D eigenvalue weighted by atomic mass is 19.1. The number of aryl methyl sites for hydroxylation is 2. The third-order valence-corrected chi connectivity index (χ3v) is 9.92.